The van der Waals surface area contributed by atoms with Crippen LogP contribution in [0.4, 0.5) is 5.82 Å². The molecule has 0 N–H and O–H groups in total. The molecule has 1 aromatic rings. The number of carbonyl (C=O) groups excluding carboxylic acids is 1. The number of halogens is 1. The van der Waals surface area contributed by atoms with Gasteiger partial charge in [0.2, 0.25) is 0 Å². The van der Waals surface area contributed by atoms with Gasteiger partial charge in [0.15, 0.2) is 6.10 Å². The van der Waals surface area contributed by atoms with Crippen LogP contribution in [-0.2, 0) is 9.53 Å². The molecule has 0 radical (unpaired) electrons. The van der Waals surface area contributed by atoms with Gasteiger partial charge in [-0.1, -0.05) is 0 Å². The van der Waals surface area contributed by atoms with Gasteiger partial charge >= 0.3 is 0 Å². The molecule has 3 heterocycles. The van der Waals surface area contributed by atoms with Crippen molar-refractivity contribution in [3.8, 4) is 0 Å². The SMILES string of the molecule is Cc1cc(Br)cnc1N1CCOC(C(=O)N2CCCC2)C1. The Kier molecular flexibility index (Phi) is 4.45. The van der Waals surface area contributed by atoms with Crippen molar-refractivity contribution in [2.45, 2.75) is 25.9 Å². The fourth-order valence-corrected chi connectivity index (χ4v) is 3.44. The predicted molar refractivity (Wildman–Crippen MR) is 84.4 cm³/mol. The average Bonchev–Trinajstić information content (AvgIpc) is 3.01. The van der Waals surface area contributed by atoms with Gasteiger partial charge in [-0.2, -0.15) is 0 Å². The van der Waals surface area contributed by atoms with Crippen LogP contribution in [-0.4, -0.2) is 54.7 Å². The monoisotopic (exact) mass is 353 g/mol. The minimum atomic E-state index is -0.360. The number of hydrogen-bond acceptors (Lipinski definition) is 4. The molecule has 0 aromatic carbocycles. The number of amides is 1. The lowest BCUT2D eigenvalue weighted by molar-refractivity contribution is -0.143. The van der Waals surface area contributed by atoms with Gasteiger partial charge in [0.25, 0.3) is 5.91 Å². The van der Waals surface area contributed by atoms with Crippen LogP contribution in [0.2, 0.25) is 0 Å². The van der Waals surface area contributed by atoms with Crippen molar-refractivity contribution in [3.05, 3.63) is 22.3 Å². The number of aromatic nitrogens is 1. The maximum absolute atomic E-state index is 12.5. The highest BCUT2D eigenvalue weighted by Crippen LogP contribution is 2.23. The molecule has 0 aliphatic carbocycles. The molecule has 0 spiro atoms. The second kappa shape index (κ2) is 6.32. The van der Waals surface area contributed by atoms with Crippen LogP contribution in [0.5, 0.6) is 0 Å². The molecular formula is C15H20BrN3O2. The summed E-state index contributed by atoms with van der Waals surface area (Å²) in [6.45, 7) is 5.72. The zero-order chi connectivity index (χ0) is 14.8. The van der Waals surface area contributed by atoms with Crippen molar-refractivity contribution in [1.29, 1.82) is 0 Å². The predicted octanol–water partition coefficient (Wildman–Crippen LogP) is 1.98. The summed E-state index contributed by atoms with van der Waals surface area (Å²) in [5, 5.41) is 0. The number of ether oxygens (including phenoxy) is 1. The highest BCUT2D eigenvalue weighted by atomic mass is 79.9. The third-order valence-electron chi connectivity index (χ3n) is 4.08. The highest BCUT2D eigenvalue weighted by molar-refractivity contribution is 9.10. The lowest BCUT2D eigenvalue weighted by Gasteiger charge is -2.35. The third kappa shape index (κ3) is 3.21. The first-order valence-electron chi connectivity index (χ1n) is 7.42. The Morgan fingerprint density at radius 3 is 2.86 bits per heavy atom. The summed E-state index contributed by atoms with van der Waals surface area (Å²) >= 11 is 3.43. The van der Waals surface area contributed by atoms with Gasteiger partial charge in [0, 0.05) is 30.3 Å². The van der Waals surface area contributed by atoms with E-state index in [2.05, 4.69) is 31.9 Å². The van der Waals surface area contributed by atoms with Crippen LogP contribution < -0.4 is 4.90 Å². The maximum Gasteiger partial charge on any atom is 0.253 e. The molecule has 1 amide bonds. The summed E-state index contributed by atoms with van der Waals surface area (Å²) < 4.78 is 6.67. The summed E-state index contributed by atoms with van der Waals surface area (Å²) in [6, 6.07) is 2.05. The third-order valence-corrected chi connectivity index (χ3v) is 4.51. The Labute approximate surface area is 133 Å². The number of carbonyl (C=O) groups is 1. The molecule has 2 fully saturated rings. The van der Waals surface area contributed by atoms with Crippen LogP contribution >= 0.6 is 15.9 Å². The molecule has 114 valence electrons. The van der Waals surface area contributed by atoms with Crippen molar-refractivity contribution < 1.29 is 9.53 Å². The Balaban J connectivity index is 1.71. The summed E-state index contributed by atoms with van der Waals surface area (Å²) in [5.74, 6) is 1.08. The van der Waals surface area contributed by atoms with Crippen molar-refractivity contribution in [2.24, 2.45) is 0 Å². The molecule has 5 nitrogen and oxygen atoms in total. The second-order valence-electron chi connectivity index (χ2n) is 5.63. The number of nitrogens with zero attached hydrogens (tertiary/aromatic N) is 3. The normalized spacial score (nSPS) is 22.7. The molecule has 2 saturated heterocycles. The van der Waals surface area contributed by atoms with E-state index in [9.17, 15) is 4.79 Å². The zero-order valence-corrected chi connectivity index (χ0v) is 13.8. The molecule has 0 saturated carbocycles. The van der Waals surface area contributed by atoms with Gasteiger partial charge in [0.1, 0.15) is 5.82 Å². The number of hydrogen-bond donors (Lipinski definition) is 0. The summed E-state index contributed by atoms with van der Waals surface area (Å²) in [4.78, 5) is 21.0. The lowest BCUT2D eigenvalue weighted by atomic mass is 10.2. The van der Waals surface area contributed by atoms with E-state index in [1.54, 1.807) is 6.20 Å². The standard InChI is InChI=1S/C15H20BrN3O2/c1-11-8-12(16)9-17-14(11)19-6-7-21-13(10-19)15(20)18-4-2-3-5-18/h8-9,13H,2-7,10H2,1H3. The van der Waals surface area contributed by atoms with Crippen molar-refractivity contribution >= 4 is 27.7 Å². The van der Waals surface area contributed by atoms with Gasteiger partial charge in [-0.05, 0) is 47.3 Å². The van der Waals surface area contributed by atoms with Crippen molar-refractivity contribution in [3.63, 3.8) is 0 Å². The average molecular weight is 354 g/mol. The minimum absolute atomic E-state index is 0.131. The fraction of sp³-hybridized carbons (Fsp3) is 0.600. The fourth-order valence-electron chi connectivity index (χ4n) is 3.00. The molecule has 2 aliphatic heterocycles. The van der Waals surface area contributed by atoms with E-state index in [0.717, 1.165) is 48.3 Å². The lowest BCUT2D eigenvalue weighted by Crippen LogP contribution is -2.51. The largest absolute Gasteiger partial charge is 0.365 e. The highest BCUT2D eigenvalue weighted by Gasteiger charge is 2.32. The molecule has 21 heavy (non-hydrogen) atoms. The van der Waals surface area contributed by atoms with Gasteiger partial charge < -0.3 is 14.5 Å². The smallest absolute Gasteiger partial charge is 0.253 e. The summed E-state index contributed by atoms with van der Waals surface area (Å²) in [7, 11) is 0. The molecule has 0 bridgehead atoms. The zero-order valence-electron chi connectivity index (χ0n) is 12.2. The minimum Gasteiger partial charge on any atom is -0.365 e. The number of pyridine rings is 1. The van der Waals surface area contributed by atoms with Gasteiger partial charge in [0.05, 0.1) is 13.2 Å². The Bertz CT molecular complexity index is 532. The van der Waals surface area contributed by atoms with E-state index in [-0.39, 0.29) is 12.0 Å². The van der Waals surface area contributed by atoms with Gasteiger partial charge in [-0.15, -0.1) is 0 Å². The first kappa shape index (κ1) is 14.8. The number of anilines is 1. The van der Waals surface area contributed by atoms with Crippen LogP contribution in [0.3, 0.4) is 0 Å². The van der Waals surface area contributed by atoms with E-state index < -0.39 is 0 Å². The van der Waals surface area contributed by atoms with E-state index in [0.29, 0.717) is 13.2 Å². The molecule has 6 heteroatoms. The van der Waals surface area contributed by atoms with Crippen LogP contribution in [0.1, 0.15) is 18.4 Å². The Hall–Kier alpha value is -1.14. The molecule has 1 atom stereocenters. The quantitative estimate of drug-likeness (QED) is 0.815. The Morgan fingerprint density at radius 1 is 1.38 bits per heavy atom. The first-order chi connectivity index (χ1) is 10.1. The molecule has 2 aliphatic rings. The van der Waals surface area contributed by atoms with Crippen molar-refractivity contribution in [1.82, 2.24) is 9.88 Å². The van der Waals surface area contributed by atoms with Gasteiger partial charge in [-0.25, -0.2) is 4.98 Å². The topological polar surface area (TPSA) is 45.7 Å². The summed E-state index contributed by atoms with van der Waals surface area (Å²) in [6.07, 6.45) is 3.65. The maximum atomic E-state index is 12.5. The number of aryl methyl sites for hydroxylation is 1. The summed E-state index contributed by atoms with van der Waals surface area (Å²) in [5.41, 5.74) is 1.11. The molecule has 3 rings (SSSR count). The van der Waals surface area contributed by atoms with E-state index in [4.69, 9.17) is 4.74 Å². The van der Waals surface area contributed by atoms with E-state index in [1.165, 1.54) is 0 Å². The molecular weight excluding hydrogens is 334 g/mol. The molecule has 1 aromatic heterocycles. The Morgan fingerprint density at radius 2 is 2.14 bits per heavy atom. The van der Waals surface area contributed by atoms with Crippen LogP contribution in [0.25, 0.3) is 0 Å². The van der Waals surface area contributed by atoms with Gasteiger partial charge in [-0.3, -0.25) is 4.79 Å². The van der Waals surface area contributed by atoms with Crippen LogP contribution in [0.15, 0.2) is 16.7 Å². The van der Waals surface area contributed by atoms with E-state index >= 15 is 0 Å². The number of likely N-dealkylation sites (tertiary alicyclic amines) is 1. The second-order valence-corrected chi connectivity index (χ2v) is 6.55. The van der Waals surface area contributed by atoms with Crippen molar-refractivity contribution in [2.75, 3.05) is 37.7 Å². The molecule has 1 unspecified atom stereocenters. The van der Waals surface area contributed by atoms with E-state index in [1.807, 2.05) is 11.8 Å². The first-order valence-corrected chi connectivity index (χ1v) is 8.22. The van der Waals surface area contributed by atoms with Crippen LogP contribution in [0, 0.1) is 6.92 Å². The number of morpholine rings is 1. The number of rotatable bonds is 2.